The molecule has 0 bridgehead atoms. The van der Waals surface area contributed by atoms with Gasteiger partial charge in [-0.05, 0) is 12.1 Å². The van der Waals surface area contributed by atoms with Gasteiger partial charge in [-0.25, -0.2) is 4.42 Å². The van der Waals surface area contributed by atoms with Gasteiger partial charge >= 0.3 is 11.3 Å². The molecule has 0 saturated carbocycles. The van der Waals surface area contributed by atoms with E-state index in [1.54, 1.807) is 0 Å². The quantitative estimate of drug-likeness (QED) is 0.203. The molecule has 8 N–H and O–H groups in total. The zero-order chi connectivity index (χ0) is 23.2. The van der Waals surface area contributed by atoms with Gasteiger partial charge in [0.15, 0.2) is 23.9 Å². The first-order chi connectivity index (χ1) is 15.2. The Balaban J connectivity index is 1.71. The lowest BCUT2D eigenvalue weighted by atomic mass is 9.99. The molecule has 1 aromatic heterocycles. The van der Waals surface area contributed by atoms with E-state index in [9.17, 15) is 35.7 Å². The standard InChI is InChI=1S/C21H20O11/c22-7-16-17(27)18(28)20(21(29)32-16)30-9-4-12(24)10-6-14(26)19(31-15(10)5-9)8-1-2-11(23)13(25)3-8/h1-6,16-18,20-22,27-29H,7H2,(H3-,23,24,25,26)/p+1/t16-,17-,18+,20-,21-/m1/s1. The summed E-state index contributed by atoms with van der Waals surface area (Å²) in [6, 6.07) is 7.45. The molecule has 1 saturated heterocycles. The average molecular weight is 449 g/mol. The van der Waals surface area contributed by atoms with Crippen molar-refractivity contribution in [3.8, 4) is 40.1 Å². The zero-order valence-corrected chi connectivity index (χ0v) is 16.4. The molecule has 1 aliphatic rings. The number of benzene rings is 2. The van der Waals surface area contributed by atoms with Crippen molar-refractivity contribution in [3.05, 3.63) is 36.4 Å². The van der Waals surface area contributed by atoms with Crippen molar-refractivity contribution >= 4 is 11.0 Å². The molecule has 4 rings (SSSR count). The third-order valence-electron chi connectivity index (χ3n) is 5.17. The minimum atomic E-state index is -1.68. The molecular weight excluding hydrogens is 428 g/mol. The van der Waals surface area contributed by atoms with Gasteiger partial charge in [0.05, 0.1) is 18.2 Å². The maximum atomic E-state index is 10.3. The average Bonchev–Trinajstić information content (AvgIpc) is 2.76. The number of aromatic hydroxyl groups is 4. The van der Waals surface area contributed by atoms with Crippen molar-refractivity contribution < 1.29 is 54.7 Å². The van der Waals surface area contributed by atoms with Crippen molar-refractivity contribution in [1.82, 2.24) is 0 Å². The maximum Gasteiger partial charge on any atom is 0.402 e. The van der Waals surface area contributed by atoms with Crippen LogP contribution in [0.1, 0.15) is 0 Å². The van der Waals surface area contributed by atoms with E-state index in [0.29, 0.717) is 0 Å². The van der Waals surface area contributed by atoms with Crippen LogP contribution in [-0.4, -0.2) is 78.2 Å². The van der Waals surface area contributed by atoms with Gasteiger partial charge in [0.25, 0.3) is 0 Å². The first-order valence-electron chi connectivity index (χ1n) is 9.52. The minimum absolute atomic E-state index is 0.0369. The van der Waals surface area contributed by atoms with Crippen molar-refractivity contribution in [2.75, 3.05) is 6.61 Å². The maximum absolute atomic E-state index is 10.3. The van der Waals surface area contributed by atoms with Gasteiger partial charge in [0.1, 0.15) is 35.2 Å². The van der Waals surface area contributed by atoms with Crippen LogP contribution in [-0.2, 0) is 4.74 Å². The highest BCUT2D eigenvalue weighted by Gasteiger charge is 2.45. The number of rotatable bonds is 4. The number of hydrogen-bond donors (Lipinski definition) is 8. The number of fused-ring (bicyclic) bond motifs is 1. The fourth-order valence-corrected chi connectivity index (χ4v) is 3.48. The van der Waals surface area contributed by atoms with Crippen LogP contribution < -0.4 is 4.74 Å². The highest BCUT2D eigenvalue weighted by molar-refractivity contribution is 5.88. The summed E-state index contributed by atoms with van der Waals surface area (Å²) in [6.07, 6.45) is -7.48. The Labute approximate surface area is 180 Å². The summed E-state index contributed by atoms with van der Waals surface area (Å²) in [5.41, 5.74) is 0.269. The highest BCUT2D eigenvalue weighted by Crippen LogP contribution is 2.41. The molecule has 0 amide bonds. The molecule has 11 heteroatoms. The molecule has 1 aliphatic heterocycles. The van der Waals surface area contributed by atoms with Crippen molar-refractivity contribution in [2.24, 2.45) is 0 Å². The molecule has 2 aromatic carbocycles. The molecule has 0 spiro atoms. The van der Waals surface area contributed by atoms with Gasteiger partial charge < -0.3 is 50.3 Å². The molecule has 1 fully saturated rings. The number of aliphatic hydroxyl groups excluding tert-OH is 4. The second-order valence-corrected chi connectivity index (χ2v) is 7.33. The van der Waals surface area contributed by atoms with Gasteiger partial charge in [-0.15, -0.1) is 0 Å². The van der Waals surface area contributed by atoms with Gasteiger partial charge in [0, 0.05) is 18.2 Å². The van der Waals surface area contributed by atoms with E-state index in [1.165, 1.54) is 30.3 Å². The Morgan fingerprint density at radius 2 is 1.59 bits per heavy atom. The van der Waals surface area contributed by atoms with Gasteiger partial charge in [0.2, 0.25) is 5.75 Å². The van der Waals surface area contributed by atoms with E-state index in [1.807, 2.05) is 0 Å². The molecule has 5 atom stereocenters. The summed E-state index contributed by atoms with van der Waals surface area (Å²) in [5.74, 6) is -1.64. The van der Waals surface area contributed by atoms with Crippen LogP contribution in [0.3, 0.4) is 0 Å². The first-order valence-corrected chi connectivity index (χ1v) is 9.52. The van der Waals surface area contributed by atoms with Crippen molar-refractivity contribution in [3.63, 3.8) is 0 Å². The smallest absolute Gasteiger partial charge is 0.402 e. The molecule has 11 nitrogen and oxygen atoms in total. The molecule has 0 radical (unpaired) electrons. The Bertz CT molecular complexity index is 1150. The Morgan fingerprint density at radius 1 is 0.844 bits per heavy atom. The van der Waals surface area contributed by atoms with Crippen LogP contribution in [0.15, 0.2) is 40.8 Å². The van der Waals surface area contributed by atoms with E-state index in [0.717, 1.165) is 6.07 Å². The summed E-state index contributed by atoms with van der Waals surface area (Å²) < 4.78 is 16.2. The van der Waals surface area contributed by atoms with Gasteiger partial charge in [-0.1, -0.05) is 0 Å². The molecule has 170 valence electrons. The van der Waals surface area contributed by atoms with Crippen LogP contribution in [0.5, 0.6) is 28.7 Å². The number of hydrogen-bond acceptors (Lipinski definition) is 10. The molecule has 0 aliphatic carbocycles. The van der Waals surface area contributed by atoms with E-state index in [-0.39, 0.29) is 45.3 Å². The number of ether oxygens (including phenoxy) is 2. The van der Waals surface area contributed by atoms with Gasteiger partial charge in [-0.3, -0.25) is 0 Å². The Kier molecular flexibility index (Phi) is 5.67. The van der Waals surface area contributed by atoms with Gasteiger partial charge in [-0.2, -0.15) is 0 Å². The van der Waals surface area contributed by atoms with Crippen LogP contribution in [0.2, 0.25) is 0 Å². The van der Waals surface area contributed by atoms with Crippen LogP contribution in [0.25, 0.3) is 22.3 Å². The van der Waals surface area contributed by atoms with Crippen LogP contribution >= 0.6 is 0 Å². The third kappa shape index (κ3) is 3.83. The van der Waals surface area contributed by atoms with Crippen LogP contribution in [0.4, 0.5) is 0 Å². The normalized spacial score (nSPS) is 25.7. The summed E-state index contributed by atoms with van der Waals surface area (Å²) in [7, 11) is 0. The topological polar surface area (TPSA) is 192 Å². The minimum Gasteiger partial charge on any atom is -0.507 e. The predicted molar refractivity (Wildman–Crippen MR) is 107 cm³/mol. The van der Waals surface area contributed by atoms with E-state index in [4.69, 9.17) is 19.0 Å². The largest absolute Gasteiger partial charge is 0.507 e. The summed E-state index contributed by atoms with van der Waals surface area (Å²) in [5, 5.41) is 79.5. The van der Waals surface area contributed by atoms with Crippen LogP contribution in [0, 0.1) is 0 Å². The SMILES string of the molecule is OC[C@H]1O[C@@H](O)[C@H](Oc2cc(O)c3cc(O)c(-c4ccc(O)c(O)c4)[o+]c3c2)[C@@H](O)[C@@H]1O. The Morgan fingerprint density at radius 3 is 2.28 bits per heavy atom. The lowest BCUT2D eigenvalue weighted by Crippen LogP contribution is -2.60. The van der Waals surface area contributed by atoms with E-state index >= 15 is 0 Å². The monoisotopic (exact) mass is 449 g/mol. The fraction of sp³-hybridized carbons (Fsp3) is 0.286. The third-order valence-corrected chi connectivity index (χ3v) is 5.17. The summed E-state index contributed by atoms with van der Waals surface area (Å²) >= 11 is 0. The van der Waals surface area contributed by atoms with E-state index < -0.39 is 43.1 Å². The predicted octanol–water partition coefficient (Wildman–Crippen LogP) is 0.382. The van der Waals surface area contributed by atoms with E-state index in [2.05, 4.69) is 0 Å². The lowest BCUT2D eigenvalue weighted by Gasteiger charge is -2.39. The second kappa shape index (κ2) is 8.30. The number of phenolic OH excluding ortho intramolecular Hbond substituents is 3. The van der Waals surface area contributed by atoms with Crippen molar-refractivity contribution in [2.45, 2.75) is 30.7 Å². The Hall–Kier alpha value is -3.35. The second-order valence-electron chi connectivity index (χ2n) is 7.33. The molecule has 2 heterocycles. The summed E-state index contributed by atoms with van der Waals surface area (Å²) in [6.45, 7) is -0.628. The number of phenols is 3. The summed E-state index contributed by atoms with van der Waals surface area (Å²) in [4.78, 5) is 0. The fourth-order valence-electron chi connectivity index (χ4n) is 3.48. The lowest BCUT2D eigenvalue weighted by molar-refractivity contribution is -0.280. The highest BCUT2D eigenvalue weighted by atomic mass is 16.7. The molecular formula is C21H21O11+. The van der Waals surface area contributed by atoms with Crippen molar-refractivity contribution in [1.29, 1.82) is 0 Å². The number of aliphatic hydroxyl groups is 4. The first kappa shape index (κ1) is 21.9. The molecule has 0 unspecified atom stereocenters. The molecule has 32 heavy (non-hydrogen) atoms. The zero-order valence-electron chi connectivity index (χ0n) is 16.4. The molecule has 3 aromatic rings.